The fourth-order valence-corrected chi connectivity index (χ4v) is 3.43. The number of nitrogens with zero attached hydrogens (tertiary/aromatic N) is 2. The molecule has 1 aromatic heterocycles. The number of hydrogen-bond acceptors (Lipinski definition) is 4. The minimum Gasteiger partial charge on any atom is -0.462 e. The van der Waals surface area contributed by atoms with E-state index >= 15 is 0 Å². The van der Waals surface area contributed by atoms with E-state index < -0.39 is 16.8 Å². The van der Waals surface area contributed by atoms with Crippen LogP contribution >= 0.6 is 0 Å². The zero-order valence-electron chi connectivity index (χ0n) is 12.3. The fraction of sp³-hybridized carbons (Fsp3) is 0.333. The second kappa shape index (κ2) is 6.67. The number of aryl methyl sites for hydroxylation is 2. The van der Waals surface area contributed by atoms with E-state index in [1.807, 2.05) is 31.2 Å². The van der Waals surface area contributed by atoms with Crippen LogP contribution in [0.15, 0.2) is 35.4 Å². The summed E-state index contributed by atoms with van der Waals surface area (Å²) >= 11 is 0. The summed E-state index contributed by atoms with van der Waals surface area (Å²) in [4.78, 5) is 12.7. The summed E-state index contributed by atoms with van der Waals surface area (Å²) in [5.41, 5.74) is 1.96. The smallest absolute Gasteiger partial charge is 0.341 e. The van der Waals surface area contributed by atoms with Gasteiger partial charge in [0.1, 0.15) is 5.56 Å². The molecule has 0 N–H and O–H groups in total. The van der Waals surface area contributed by atoms with Gasteiger partial charge in [-0.1, -0.05) is 18.2 Å². The second-order valence-corrected chi connectivity index (χ2v) is 6.02. The third kappa shape index (κ3) is 3.39. The van der Waals surface area contributed by atoms with Gasteiger partial charge >= 0.3 is 5.97 Å². The fourth-order valence-electron chi connectivity index (χ4n) is 2.03. The van der Waals surface area contributed by atoms with Crippen LogP contribution in [-0.4, -0.2) is 26.6 Å². The second-order valence-electron chi connectivity index (χ2n) is 4.60. The summed E-state index contributed by atoms with van der Waals surface area (Å²) in [5.74, 6) is -0.197. The predicted molar refractivity (Wildman–Crippen MR) is 80.5 cm³/mol. The van der Waals surface area contributed by atoms with Crippen molar-refractivity contribution in [2.45, 2.75) is 24.5 Å². The van der Waals surface area contributed by atoms with Gasteiger partial charge in [0.05, 0.1) is 35.1 Å². The van der Waals surface area contributed by atoms with Crippen LogP contribution in [0.25, 0.3) is 0 Å². The highest BCUT2D eigenvalue weighted by atomic mass is 32.2. The van der Waals surface area contributed by atoms with E-state index in [-0.39, 0.29) is 5.75 Å². The lowest BCUT2D eigenvalue weighted by molar-refractivity contribution is 0.0525. The molecule has 0 amide bonds. The van der Waals surface area contributed by atoms with E-state index in [2.05, 4.69) is 5.10 Å². The van der Waals surface area contributed by atoms with E-state index in [0.717, 1.165) is 10.5 Å². The van der Waals surface area contributed by atoms with Crippen molar-refractivity contribution in [3.63, 3.8) is 0 Å². The SMILES string of the molecule is CCOC(=O)c1cnn(C)c1CS(=O)c1ccccc1C. The molecule has 0 spiro atoms. The highest BCUT2D eigenvalue weighted by molar-refractivity contribution is 7.84. The number of ether oxygens (including phenoxy) is 1. The van der Waals surface area contributed by atoms with E-state index in [0.29, 0.717) is 17.9 Å². The molecule has 1 heterocycles. The first kappa shape index (κ1) is 15.4. The molecule has 0 bridgehead atoms. The number of benzene rings is 1. The Morgan fingerprint density at radius 3 is 2.76 bits per heavy atom. The normalized spacial score (nSPS) is 12.1. The van der Waals surface area contributed by atoms with Gasteiger partial charge < -0.3 is 4.74 Å². The summed E-state index contributed by atoms with van der Waals surface area (Å²) in [7, 11) is 0.495. The van der Waals surface area contributed by atoms with Crippen LogP contribution in [-0.2, 0) is 28.3 Å². The van der Waals surface area contributed by atoms with Gasteiger partial charge in [-0.05, 0) is 25.5 Å². The van der Waals surface area contributed by atoms with Crippen LogP contribution in [0.2, 0.25) is 0 Å². The molecule has 0 aliphatic carbocycles. The molecule has 1 unspecified atom stereocenters. The van der Waals surface area contributed by atoms with Crippen molar-refractivity contribution >= 4 is 16.8 Å². The largest absolute Gasteiger partial charge is 0.462 e. The molecule has 0 aliphatic heterocycles. The topological polar surface area (TPSA) is 61.2 Å². The molecule has 1 atom stereocenters. The van der Waals surface area contributed by atoms with Crippen LogP contribution in [0.5, 0.6) is 0 Å². The van der Waals surface area contributed by atoms with Crippen molar-refractivity contribution in [2.24, 2.45) is 7.05 Å². The molecule has 0 radical (unpaired) electrons. The zero-order chi connectivity index (χ0) is 15.4. The average Bonchev–Trinajstić information content (AvgIpc) is 2.81. The Balaban J connectivity index is 2.28. The maximum atomic E-state index is 12.5. The molecule has 0 aliphatic rings. The molecule has 2 rings (SSSR count). The number of rotatable bonds is 5. The van der Waals surface area contributed by atoms with Gasteiger partial charge in [-0.15, -0.1) is 0 Å². The summed E-state index contributed by atoms with van der Waals surface area (Å²) < 4.78 is 19.1. The number of hydrogen-bond donors (Lipinski definition) is 0. The minimum absolute atomic E-state index is 0.232. The van der Waals surface area contributed by atoms with Gasteiger partial charge in [0.25, 0.3) is 0 Å². The maximum Gasteiger partial charge on any atom is 0.341 e. The minimum atomic E-state index is -1.23. The Labute approximate surface area is 126 Å². The molecule has 21 heavy (non-hydrogen) atoms. The summed E-state index contributed by atoms with van der Waals surface area (Å²) in [6.07, 6.45) is 1.46. The number of carbonyl (C=O) groups is 1. The van der Waals surface area contributed by atoms with Gasteiger partial charge in [0.15, 0.2) is 0 Å². The molecule has 1 aromatic carbocycles. The first-order valence-corrected chi connectivity index (χ1v) is 7.98. The van der Waals surface area contributed by atoms with Gasteiger partial charge in [0, 0.05) is 11.9 Å². The van der Waals surface area contributed by atoms with Crippen molar-refractivity contribution in [3.8, 4) is 0 Å². The Morgan fingerprint density at radius 2 is 2.10 bits per heavy atom. The highest BCUT2D eigenvalue weighted by Gasteiger charge is 2.20. The average molecular weight is 306 g/mol. The molecular weight excluding hydrogens is 288 g/mol. The Morgan fingerprint density at radius 1 is 1.38 bits per heavy atom. The van der Waals surface area contributed by atoms with E-state index in [9.17, 15) is 9.00 Å². The van der Waals surface area contributed by atoms with Crippen molar-refractivity contribution < 1.29 is 13.7 Å². The quantitative estimate of drug-likeness (QED) is 0.795. The van der Waals surface area contributed by atoms with Gasteiger partial charge in [-0.2, -0.15) is 5.10 Å². The summed E-state index contributed by atoms with van der Waals surface area (Å²) in [5, 5.41) is 4.07. The predicted octanol–water partition coefficient (Wildman–Crippen LogP) is 2.21. The van der Waals surface area contributed by atoms with Crippen LogP contribution in [0.1, 0.15) is 28.5 Å². The monoisotopic (exact) mass is 306 g/mol. The molecule has 0 saturated heterocycles. The Bertz CT molecular complexity index is 679. The van der Waals surface area contributed by atoms with Crippen LogP contribution in [0, 0.1) is 6.92 Å². The van der Waals surface area contributed by atoms with Gasteiger partial charge in [-0.3, -0.25) is 8.89 Å². The number of carbonyl (C=O) groups excluding carboxylic acids is 1. The molecule has 2 aromatic rings. The van der Waals surface area contributed by atoms with Crippen molar-refractivity contribution in [1.29, 1.82) is 0 Å². The molecule has 6 heteroatoms. The molecule has 5 nitrogen and oxygen atoms in total. The Kier molecular flexibility index (Phi) is 4.90. The van der Waals surface area contributed by atoms with Gasteiger partial charge in [-0.25, -0.2) is 4.79 Å². The lowest BCUT2D eigenvalue weighted by Crippen LogP contribution is -2.11. The first-order chi connectivity index (χ1) is 10.0. The number of aromatic nitrogens is 2. The van der Waals surface area contributed by atoms with Crippen LogP contribution in [0.4, 0.5) is 0 Å². The molecule has 0 saturated carbocycles. The molecule has 112 valence electrons. The van der Waals surface area contributed by atoms with Crippen molar-refractivity contribution in [1.82, 2.24) is 9.78 Å². The van der Waals surface area contributed by atoms with E-state index in [4.69, 9.17) is 4.74 Å². The molecule has 0 fully saturated rings. The van der Waals surface area contributed by atoms with Crippen molar-refractivity contribution in [3.05, 3.63) is 47.3 Å². The maximum absolute atomic E-state index is 12.5. The Hall–Kier alpha value is -1.95. The van der Waals surface area contributed by atoms with Crippen LogP contribution < -0.4 is 0 Å². The third-order valence-electron chi connectivity index (χ3n) is 3.16. The van der Waals surface area contributed by atoms with Crippen molar-refractivity contribution in [2.75, 3.05) is 6.61 Å². The molecular formula is C15H18N2O3S. The van der Waals surface area contributed by atoms with E-state index in [1.54, 1.807) is 18.7 Å². The van der Waals surface area contributed by atoms with Gasteiger partial charge in [0.2, 0.25) is 0 Å². The lowest BCUT2D eigenvalue weighted by Gasteiger charge is -2.08. The standard InChI is InChI=1S/C15H18N2O3S/c1-4-20-15(18)12-9-16-17(3)13(12)10-21(19)14-8-6-5-7-11(14)2/h5-9H,4,10H2,1-3H3. The summed E-state index contributed by atoms with van der Waals surface area (Å²) in [6.45, 7) is 3.97. The third-order valence-corrected chi connectivity index (χ3v) is 4.65. The first-order valence-electron chi connectivity index (χ1n) is 6.66. The zero-order valence-corrected chi connectivity index (χ0v) is 13.1. The van der Waals surface area contributed by atoms with Crippen LogP contribution in [0.3, 0.4) is 0 Å². The lowest BCUT2D eigenvalue weighted by atomic mass is 10.2. The summed E-state index contributed by atoms with van der Waals surface area (Å²) in [6, 6.07) is 7.52. The highest BCUT2D eigenvalue weighted by Crippen LogP contribution is 2.18. The van der Waals surface area contributed by atoms with E-state index in [1.165, 1.54) is 6.20 Å². The number of esters is 1.